The fourth-order valence-electron chi connectivity index (χ4n) is 3.12. The maximum atomic E-state index is 12.5. The summed E-state index contributed by atoms with van der Waals surface area (Å²) < 4.78 is 1.80. The van der Waals surface area contributed by atoms with Crippen molar-refractivity contribution in [1.82, 2.24) is 14.7 Å². The van der Waals surface area contributed by atoms with E-state index in [4.69, 9.17) is 5.11 Å². The predicted molar refractivity (Wildman–Crippen MR) is 101 cm³/mol. The fraction of sp³-hybridized carbons (Fsp3) is 0.450. The lowest BCUT2D eigenvalue weighted by Gasteiger charge is -2.19. The van der Waals surface area contributed by atoms with Gasteiger partial charge in [-0.25, -0.2) is 4.68 Å². The van der Waals surface area contributed by atoms with Crippen LogP contribution < -0.4 is 0 Å². The van der Waals surface area contributed by atoms with Crippen LogP contribution in [0.5, 0.6) is 0 Å². The van der Waals surface area contributed by atoms with Crippen molar-refractivity contribution in [3.8, 4) is 5.69 Å². The molecule has 26 heavy (non-hydrogen) atoms. The Kier molecular flexibility index (Phi) is 6.18. The molecular formula is C20H27N3O3. The van der Waals surface area contributed by atoms with Crippen molar-refractivity contribution in [1.29, 1.82) is 0 Å². The molecule has 0 saturated carbocycles. The van der Waals surface area contributed by atoms with Gasteiger partial charge in [-0.1, -0.05) is 13.8 Å². The molecule has 0 aliphatic rings. The first-order chi connectivity index (χ1) is 12.2. The van der Waals surface area contributed by atoms with Gasteiger partial charge in [-0.3, -0.25) is 9.59 Å². The number of carbonyl (C=O) groups is 2. The highest BCUT2D eigenvalue weighted by atomic mass is 16.4. The van der Waals surface area contributed by atoms with Gasteiger partial charge in [-0.15, -0.1) is 0 Å². The number of aryl methyl sites for hydroxylation is 1. The number of hydrogen-bond acceptors (Lipinski definition) is 3. The van der Waals surface area contributed by atoms with E-state index in [9.17, 15) is 9.59 Å². The van der Waals surface area contributed by atoms with Crippen LogP contribution in [0.4, 0.5) is 0 Å². The Morgan fingerprint density at radius 3 is 2.35 bits per heavy atom. The lowest BCUT2D eigenvalue weighted by molar-refractivity contribution is -0.136. The minimum absolute atomic E-state index is 0.000708. The SMILES string of the molecule is Cc1nn(-c2ccc(C(=O)N(C)CC(C)C)cc2)c(C)c1CCC(=O)O. The summed E-state index contributed by atoms with van der Waals surface area (Å²) in [5.74, 6) is -0.396. The third kappa shape index (κ3) is 4.50. The van der Waals surface area contributed by atoms with Gasteiger partial charge >= 0.3 is 5.97 Å². The molecule has 0 saturated heterocycles. The second-order valence-corrected chi connectivity index (χ2v) is 7.08. The Morgan fingerprint density at radius 2 is 1.81 bits per heavy atom. The minimum Gasteiger partial charge on any atom is -0.481 e. The van der Waals surface area contributed by atoms with Crippen LogP contribution in [0.25, 0.3) is 5.69 Å². The fourth-order valence-corrected chi connectivity index (χ4v) is 3.12. The van der Waals surface area contributed by atoms with Gasteiger partial charge in [0.05, 0.1) is 11.4 Å². The van der Waals surface area contributed by atoms with E-state index in [1.165, 1.54) is 0 Å². The zero-order valence-corrected chi connectivity index (χ0v) is 16.1. The van der Waals surface area contributed by atoms with E-state index >= 15 is 0 Å². The van der Waals surface area contributed by atoms with Gasteiger partial charge < -0.3 is 10.0 Å². The molecule has 140 valence electrons. The largest absolute Gasteiger partial charge is 0.481 e. The summed E-state index contributed by atoms with van der Waals surface area (Å²) in [6.07, 6.45) is 0.548. The van der Waals surface area contributed by atoms with Crippen molar-refractivity contribution in [2.45, 2.75) is 40.5 Å². The number of aromatic nitrogens is 2. The van der Waals surface area contributed by atoms with Gasteiger partial charge in [0, 0.05) is 31.3 Å². The molecule has 0 unspecified atom stereocenters. The Labute approximate surface area is 154 Å². The molecule has 0 bridgehead atoms. The molecule has 1 aromatic heterocycles. The van der Waals surface area contributed by atoms with Crippen molar-refractivity contribution >= 4 is 11.9 Å². The summed E-state index contributed by atoms with van der Waals surface area (Å²) in [4.78, 5) is 25.0. The molecule has 0 spiro atoms. The van der Waals surface area contributed by atoms with E-state index in [-0.39, 0.29) is 12.3 Å². The van der Waals surface area contributed by atoms with E-state index in [2.05, 4.69) is 18.9 Å². The first-order valence-corrected chi connectivity index (χ1v) is 8.83. The van der Waals surface area contributed by atoms with Crippen LogP contribution in [-0.2, 0) is 11.2 Å². The molecule has 6 heteroatoms. The Bertz CT molecular complexity index is 791. The zero-order valence-electron chi connectivity index (χ0n) is 16.1. The third-order valence-electron chi connectivity index (χ3n) is 4.37. The number of carbonyl (C=O) groups excluding carboxylic acids is 1. The average Bonchev–Trinajstić information content (AvgIpc) is 2.86. The molecule has 1 N–H and O–H groups in total. The normalized spacial score (nSPS) is 11.0. The highest BCUT2D eigenvalue weighted by Gasteiger charge is 2.16. The van der Waals surface area contributed by atoms with Crippen LogP contribution >= 0.6 is 0 Å². The van der Waals surface area contributed by atoms with Crippen LogP contribution in [0.1, 0.15) is 47.6 Å². The molecule has 1 heterocycles. The van der Waals surface area contributed by atoms with Gasteiger partial charge in [0.15, 0.2) is 0 Å². The number of carboxylic acid groups (broad SMARTS) is 1. The molecule has 2 rings (SSSR count). The minimum atomic E-state index is -0.815. The molecule has 0 aliphatic carbocycles. The summed E-state index contributed by atoms with van der Waals surface area (Å²) in [6.45, 7) is 8.70. The predicted octanol–water partition coefficient (Wildman–Crippen LogP) is 3.23. The Morgan fingerprint density at radius 1 is 1.19 bits per heavy atom. The van der Waals surface area contributed by atoms with Gasteiger partial charge in [0.25, 0.3) is 5.91 Å². The zero-order chi connectivity index (χ0) is 19.4. The molecule has 0 aliphatic heterocycles. The maximum Gasteiger partial charge on any atom is 0.303 e. The molecule has 2 aromatic rings. The van der Waals surface area contributed by atoms with Gasteiger partial charge in [0.1, 0.15) is 0 Å². The van der Waals surface area contributed by atoms with Crippen molar-refractivity contribution in [2.75, 3.05) is 13.6 Å². The van der Waals surface area contributed by atoms with Crippen molar-refractivity contribution in [3.63, 3.8) is 0 Å². The van der Waals surface area contributed by atoms with E-state index < -0.39 is 5.97 Å². The van der Waals surface area contributed by atoms with Crippen molar-refractivity contribution in [2.24, 2.45) is 5.92 Å². The first-order valence-electron chi connectivity index (χ1n) is 8.83. The standard InChI is InChI=1S/C20H27N3O3/c1-13(2)12-22(5)20(26)16-6-8-17(9-7-16)23-15(4)18(14(3)21-23)10-11-19(24)25/h6-9,13H,10-12H2,1-5H3,(H,24,25). The number of amides is 1. The smallest absolute Gasteiger partial charge is 0.303 e. The molecule has 1 aromatic carbocycles. The number of hydrogen-bond donors (Lipinski definition) is 1. The number of aliphatic carboxylic acids is 1. The van der Waals surface area contributed by atoms with E-state index in [0.29, 0.717) is 24.4 Å². The summed E-state index contributed by atoms with van der Waals surface area (Å²) in [7, 11) is 1.81. The van der Waals surface area contributed by atoms with E-state index in [1.54, 1.807) is 9.58 Å². The van der Waals surface area contributed by atoms with Gasteiger partial charge in [-0.2, -0.15) is 5.10 Å². The molecular weight excluding hydrogens is 330 g/mol. The van der Waals surface area contributed by atoms with Crippen LogP contribution in [0.3, 0.4) is 0 Å². The lowest BCUT2D eigenvalue weighted by Crippen LogP contribution is -2.30. The number of carboxylic acids is 1. The van der Waals surface area contributed by atoms with Crippen LogP contribution in [0.15, 0.2) is 24.3 Å². The topological polar surface area (TPSA) is 75.4 Å². The molecule has 0 fully saturated rings. The Balaban J connectivity index is 2.22. The summed E-state index contributed by atoms with van der Waals surface area (Å²) in [6, 6.07) is 7.36. The van der Waals surface area contributed by atoms with Crippen molar-refractivity contribution < 1.29 is 14.7 Å². The lowest BCUT2D eigenvalue weighted by atomic mass is 10.1. The van der Waals surface area contributed by atoms with Gasteiger partial charge in [-0.05, 0) is 56.0 Å². The molecule has 6 nitrogen and oxygen atoms in total. The highest BCUT2D eigenvalue weighted by molar-refractivity contribution is 5.94. The second-order valence-electron chi connectivity index (χ2n) is 7.08. The summed E-state index contributed by atoms with van der Waals surface area (Å²) >= 11 is 0. The quantitative estimate of drug-likeness (QED) is 0.825. The number of benzene rings is 1. The molecule has 1 amide bonds. The molecule has 0 radical (unpaired) electrons. The van der Waals surface area contributed by atoms with Gasteiger partial charge in [0.2, 0.25) is 0 Å². The highest BCUT2D eigenvalue weighted by Crippen LogP contribution is 2.20. The monoisotopic (exact) mass is 357 g/mol. The Hall–Kier alpha value is -2.63. The average molecular weight is 357 g/mol. The van der Waals surface area contributed by atoms with Crippen molar-refractivity contribution in [3.05, 3.63) is 46.8 Å². The van der Waals surface area contributed by atoms with E-state index in [0.717, 1.165) is 22.6 Å². The van der Waals surface area contributed by atoms with Crippen LogP contribution in [0, 0.1) is 19.8 Å². The first kappa shape index (κ1) is 19.7. The second kappa shape index (κ2) is 8.17. The third-order valence-corrected chi connectivity index (χ3v) is 4.37. The van der Waals surface area contributed by atoms with Crippen LogP contribution in [-0.4, -0.2) is 45.3 Å². The van der Waals surface area contributed by atoms with Crippen LogP contribution in [0.2, 0.25) is 0 Å². The van der Waals surface area contributed by atoms with E-state index in [1.807, 2.05) is 45.2 Å². The number of rotatable bonds is 7. The summed E-state index contributed by atoms with van der Waals surface area (Å²) in [5, 5.41) is 13.4. The number of nitrogens with zero attached hydrogens (tertiary/aromatic N) is 3. The summed E-state index contributed by atoms with van der Waals surface area (Å²) in [5.41, 5.74) is 4.23. The molecule has 0 atom stereocenters. The maximum absolute atomic E-state index is 12.5.